The number of piperidine rings is 1. The molecule has 0 spiro atoms. The molecule has 230 valence electrons. The van der Waals surface area contributed by atoms with Crippen molar-refractivity contribution in [3.05, 3.63) is 112 Å². The largest absolute Gasteiger partial charge is 0.416 e. The van der Waals surface area contributed by atoms with Gasteiger partial charge in [0.25, 0.3) is 0 Å². The van der Waals surface area contributed by atoms with E-state index >= 15 is 0 Å². The molecule has 0 saturated carbocycles. The molecule has 44 heavy (non-hydrogen) atoms. The maximum absolute atomic E-state index is 14.1. The summed E-state index contributed by atoms with van der Waals surface area (Å²) in [7, 11) is -4.77. The summed E-state index contributed by atoms with van der Waals surface area (Å²) >= 11 is 0. The summed E-state index contributed by atoms with van der Waals surface area (Å²) in [6.07, 6.45) is -2.22. The minimum absolute atomic E-state index is 0.150. The molecule has 2 heterocycles. The van der Waals surface area contributed by atoms with Gasteiger partial charge in [-0.2, -0.15) is 17.5 Å². The lowest BCUT2D eigenvalue weighted by atomic mass is 9.65. The van der Waals surface area contributed by atoms with Crippen molar-refractivity contribution in [2.75, 3.05) is 18.4 Å². The van der Waals surface area contributed by atoms with Gasteiger partial charge >= 0.3 is 6.18 Å². The monoisotopic (exact) mass is 638 g/mol. The van der Waals surface area contributed by atoms with Crippen LogP contribution in [0.4, 0.5) is 36.4 Å². The Balaban J connectivity index is 1.61. The molecule has 15 heteroatoms. The summed E-state index contributed by atoms with van der Waals surface area (Å²) in [5.74, 6) is -6.89. The highest BCUT2D eigenvalue weighted by molar-refractivity contribution is 7.89. The van der Waals surface area contributed by atoms with Crippen molar-refractivity contribution in [3.63, 3.8) is 0 Å². The van der Waals surface area contributed by atoms with Crippen molar-refractivity contribution in [2.45, 2.75) is 23.9 Å². The summed E-state index contributed by atoms with van der Waals surface area (Å²) < 4.78 is 123. The number of Topliss-reactive ketones (excluding diaryl/α,β-unsaturated/α-hetero) is 1. The minimum atomic E-state index is -4.83. The van der Waals surface area contributed by atoms with Crippen LogP contribution in [0.15, 0.2) is 82.5 Å². The van der Waals surface area contributed by atoms with Crippen LogP contribution in [0.3, 0.4) is 0 Å². The number of aromatic nitrogens is 1. The van der Waals surface area contributed by atoms with Crippen molar-refractivity contribution in [1.82, 2.24) is 9.29 Å². The molecule has 1 aromatic heterocycles. The van der Waals surface area contributed by atoms with Gasteiger partial charge in [-0.3, -0.25) is 9.78 Å². The van der Waals surface area contributed by atoms with Gasteiger partial charge in [0.2, 0.25) is 10.0 Å². The van der Waals surface area contributed by atoms with E-state index in [1.807, 2.05) is 0 Å². The first-order valence-electron chi connectivity index (χ1n) is 12.9. The highest BCUT2D eigenvalue weighted by Gasteiger charge is 2.51. The van der Waals surface area contributed by atoms with Gasteiger partial charge in [-0.05, 0) is 73.0 Å². The Morgan fingerprint density at radius 3 is 2.30 bits per heavy atom. The fourth-order valence-electron chi connectivity index (χ4n) is 5.28. The summed E-state index contributed by atoms with van der Waals surface area (Å²) in [5, 5.41) is 11.0. The molecule has 1 saturated heterocycles. The Morgan fingerprint density at radius 2 is 1.68 bits per heavy atom. The van der Waals surface area contributed by atoms with Crippen molar-refractivity contribution >= 4 is 27.7 Å². The van der Waals surface area contributed by atoms with Gasteiger partial charge in [-0.25, -0.2) is 26.0 Å². The number of ketones is 1. The third-order valence-electron chi connectivity index (χ3n) is 7.50. The lowest BCUT2D eigenvalue weighted by Gasteiger charge is -2.45. The van der Waals surface area contributed by atoms with Crippen LogP contribution in [0.5, 0.6) is 0 Å². The number of nitrogens with zero attached hydrogens (tertiary/aromatic N) is 2. The zero-order chi connectivity index (χ0) is 32.0. The summed E-state index contributed by atoms with van der Waals surface area (Å²) in [5.41, 5.74) is -2.52. The molecular weight excluding hydrogens is 617 g/mol. The number of pyridine rings is 1. The predicted octanol–water partition coefficient (Wildman–Crippen LogP) is 6.27. The van der Waals surface area contributed by atoms with Crippen LogP contribution in [0.1, 0.15) is 28.9 Å². The maximum Gasteiger partial charge on any atom is 0.416 e. The zero-order valence-corrected chi connectivity index (χ0v) is 23.2. The lowest BCUT2D eigenvalue weighted by molar-refractivity contribution is -0.137. The molecule has 7 nitrogen and oxygen atoms in total. The van der Waals surface area contributed by atoms with Crippen LogP contribution < -0.4 is 5.32 Å². The Kier molecular flexibility index (Phi) is 7.97. The van der Waals surface area contributed by atoms with Gasteiger partial charge in [-0.1, -0.05) is 5.57 Å². The number of carbonyl (C=O) groups is 1. The summed E-state index contributed by atoms with van der Waals surface area (Å²) in [6.45, 7) is -1.01. The summed E-state index contributed by atoms with van der Waals surface area (Å²) in [6, 6.07) is 6.96. The molecule has 2 N–H and O–H groups in total. The molecule has 1 atom stereocenters. The number of rotatable bonds is 7. The second-order valence-corrected chi connectivity index (χ2v) is 12.1. The number of hydrogen-bond donors (Lipinski definition) is 2. The van der Waals surface area contributed by atoms with E-state index in [0.717, 1.165) is 16.7 Å². The van der Waals surface area contributed by atoms with E-state index < -0.39 is 73.4 Å². The first kappa shape index (κ1) is 31.1. The molecule has 0 radical (unpaired) electrons. The van der Waals surface area contributed by atoms with Gasteiger partial charge in [0.15, 0.2) is 23.2 Å². The average molecular weight is 639 g/mol. The Bertz CT molecular complexity index is 1820. The van der Waals surface area contributed by atoms with E-state index in [1.54, 1.807) is 0 Å². The van der Waals surface area contributed by atoms with Crippen LogP contribution in [-0.2, 0) is 16.2 Å². The second-order valence-electron chi connectivity index (χ2n) is 10.2. The molecule has 2 aliphatic rings. The fourth-order valence-corrected chi connectivity index (χ4v) is 6.80. The SMILES string of the molecule is N=CC1=C(Nc2ccc(F)cc2)C=C2CCN(S(=O)(=O)c3cc(F)c(F)c(F)c3)C[C@@]2(C(=O)c2cc(C(F)(F)F)ccn2)C1. The minimum Gasteiger partial charge on any atom is -0.355 e. The first-order chi connectivity index (χ1) is 20.7. The number of sulfonamides is 1. The van der Waals surface area contributed by atoms with E-state index in [2.05, 4.69) is 10.3 Å². The number of allylic oxidation sites excluding steroid dienone is 2. The molecule has 1 aliphatic heterocycles. The smallest absolute Gasteiger partial charge is 0.355 e. The Morgan fingerprint density at radius 1 is 1.02 bits per heavy atom. The standard InChI is InChI=1S/C29H21F7N4O3S/c30-19-1-3-20(4-2-19)39-24-9-17-6-8-40(44(42,43)21-11-22(31)26(33)23(32)12-21)15-28(17,13-16(24)14-37)27(41)25-10-18(5-7-38-25)29(34,35)36/h1-5,7,9-12,14,37,39H,6,8,13,15H2/t28-/m0/s1. The van der Waals surface area contributed by atoms with Gasteiger partial charge < -0.3 is 10.7 Å². The third-order valence-corrected chi connectivity index (χ3v) is 9.32. The van der Waals surface area contributed by atoms with Gasteiger partial charge in [0.1, 0.15) is 11.5 Å². The van der Waals surface area contributed by atoms with E-state index in [9.17, 15) is 43.9 Å². The zero-order valence-electron chi connectivity index (χ0n) is 22.4. The van der Waals surface area contributed by atoms with Crippen molar-refractivity contribution in [1.29, 1.82) is 5.41 Å². The van der Waals surface area contributed by atoms with Crippen LogP contribution in [0.2, 0.25) is 0 Å². The number of hydrogen-bond acceptors (Lipinski definition) is 6. The molecule has 1 fully saturated rings. The van der Waals surface area contributed by atoms with Gasteiger partial charge in [-0.15, -0.1) is 0 Å². The topological polar surface area (TPSA) is 103 Å². The molecule has 2 aromatic carbocycles. The van der Waals surface area contributed by atoms with Gasteiger partial charge in [0.05, 0.1) is 15.9 Å². The highest BCUT2D eigenvalue weighted by atomic mass is 32.2. The van der Waals surface area contributed by atoms with E-state index in [-0.39, 0.29) is 37.1 Å². The third kappa shape index (κ3) is 5.64. The molecule has 3 aromatic rings. The van der Waals surface area contributed by atoms with Crippen LogP contribution in [0.25, 0.3) is 0 Å². The normalized spacial score (nSPS) is 19.3. The predicted molar refractivity (Wildman–Crippen MR) is 144 cm³/mol. The quantitative estimate of drug-likeness (QED) is 0.138. The highest BCUT2D eigenvalue weighted by Crippen LogP contribution is 2.48. The number of benzene rings is 2. The van der Waals surface area contributed by atoms with Crippen LogP contribution in [0, 0.1) is 34.1 Å². The van der Waals surface area contributed by atoms with E-state index in [0.29, 0.717) is 29.1 Å². The molecule has 0 unspecified atom stereocenters. The number of nitrogens with one attached hydrogen (secondary N) is 2. The van der Waals surface area contributed by atoms with E-state index in [1.165, 1.54) is 30.3 Å². The number of halogens is 7. The van der Waals surface area contributed by atoms with Crippen LogP contribution in [-0.4, -0.2) is 42.8 Å². The second kappa shape index (κ2) is 11.3. The van der Waals surface area contributed by atoms with Crippen molar-refractivity contribution in [2.24, 2.45) is 5.41 Å². The number of alkyl halides is 3. The Labute approximate surface area is 246 Å². The van der Waals surface area contributed by atoms with Crippen molar-refractivity contribution in [3.8, 4) is 0 Å². The average Bonchev–Trinajstić information content (AvgIpc) is 2.99. The lowest BCUT2D eigenvalue weighted by Crippen LogP contribution is -2.52. The van der Waals surface area contributed by atoms with E-state index in [4.69, 9.17) is 5.41 Å². The molecular formula is C29H21F7N4O3S. The number of fused-ring (bicyclic) bond motifs is 1. The molecule has 1 aliphatic carbocycles. The van der Waals surface area contributed by atoms with Gasteiger partial charge in [0, 0.05) is 36.9 Å². The first-order valence-corrected chi connectivity index (χ1v) is 14.3. The Hall–Kier alpha value is -4.37. The summed E-state index contributed by atoms with van der Waals surface area (Å²) in [4.78, 5) is 17.0. The molecule has 0 amide bonds. The number of anilines is 1. The van der Waals surface area contributed by atoms with Crippen molar-refractivity contribution < 1.29 is 43.9 Å². The molecule has 5 rings (SSSR count). The fraction of sp³-hybridized carbons (Fsp3) is 0.207. The van der Waals surface area contributed by atoms with Crippen LogP contribution >= 0.6 is 0 Å². The molecule has 0 bridgehead atoms. The maximum atomic E-state index is 14.1. The number of carbonyl (C=O) groups excluding carboxylic acids is 1.